The fourth-order valence-electron chi connectivity index (χ4n) is 3.82. The first-order valence-electron chi connectivity index (χ1n) is 11.5. The second-order valence-corrected chi connectivity index (χ2v) is 9.25. The first kappa shape index (κ1) is 26.2. The van der Waals surface area contributed by atoms with E-state index in [0.29, 0.717) is 29.2 Å². The number of nitro groups is 1. The van der Waals surface area contributed by atoms with Crippen molar-refractivity contribution in [3.05, 3.63) is 81.5 Å². The van der Waals surface area contributed by atoms with E-state index >= 15 is 0 Å². The van der Waals surface area contributed by atoms with Crippen LogP contribution < -0.4 is 10.1 Å². The van der Waals surface area contributed by atoms with E-state index in [4.69, 9.17) is 14.2 Å². The highest BCUT2D eigenvalue weighted by Crippen LogP contribution is 2.40. The van der Waals surface area contributed by atoms with Crippen LogP contribution in [0.5, 0.6) is 5.75 Å². The quantitative estimate of drug-likeness (QED) is 0.202. The topological polar surface area (TPSA) is 137 Å². The van der Waals surface area contributed by atoms with Gasteiger partial charge in [0.2, 0.25) is 0 Å². The third-order valence-electron chi connectivity index (χ3n) is 5.67. The summed E-state index contributed by atoms with van der Waals surface area (Å²) in [6.45, 7) is 2.03. The molecule has 2 atom stereocenters. The van der Waals surface area contributed by atoms with Crippen LogP contribution in [0.3, 0.4) is 0 Å². The zero-order valence-corrected chi connectivity index (χ0v) is 20.8. The molecule has 4 rings (SSSR count). The van der Waals surface area contributed by atoms with Gasteiger partial charge in [-0.2, -0.15) is 0 Å². The predicted molar refractivity (Wildman–Crippen MR) is 133 cm³/mol. The Balaban J connectivity index is 1.41. The number of ether oxygens (including phenoxy) is 3. The number of nitro benzene ring substituents is 1. The minimum atomic E-state index is -0.803. The second-order valence-electron chi connectivity index (χ2n) is 8.15. The summed E-state index contributed by atoms with van der Waals surface area (Å²) in [4.78, 5) is 50.2. The molecule has 2 aliphatic heterocycles. The molecule has 11 nitrogen and oxygen atoms in total. The van der Waals surface area contributed by atoms with Crippen molar-refractivity contribution < 1.29 is 33.5 Å². The van der Waals surface area contributed by atoms with Crippen molar-refractivity contribution in [2.45, 2.75) is 24.9 Å². The molecule has 0 aliphatic carbocycles. The minimum Gasteiger partial charge on any atom is -0.484 e. The molecule has 37 heavy (non-hydrogen) atoms. The summed E-state index contributed by atoms with van der Waals surface area (Å²) in [5, 5.41) is 13.1. The van der Waals surface area contributed by atoms with Crippen LogP contribution >= 0.6 is 11.8 Å². The van der Waals surface area contributed by atoms with Gasteiger partial charge in [-0.1, -0.05) is 18.2 Å². The lowest BCUT2D eigenvalue weighted by molar-refractivity contribution is -0.384. The summed E-state index contributed by atoms with van der Waals surface area (Å²) >= 11 is 1.42. The average Bonchev–Trinajstić information content (AvgIpc) is 2.92. The Morgan fingerprint density at radius 2 is 1.86 bits per heavy atom. The lowest BCUT2D eigenvalue weighted by atomic mass is 10.0. The molecular weight excluding hydrogens is 502 g/mol. The summed E-state index contributed by atoms with van der Waals surface area (Å²) in [5.74, 6) is -0.629. The van der Waals surface area contributed by atoms with Crippen molar-refractivity contribution in [2.24, 2.45) is 0 Å². The average molecular weight is 528 g/mol. The van der Waals surface area contributed by atoms with Crippen LogP contribution in [0.2, 0.25) is 0 Å². The number of nitrogens with one attached hydrogen (secondary N) is 1. The molecule has 0 bridgehead atoms. The highest BCUT2D eigenvalue weighted by atomic mass is 32.2. The van der Waals surface area contributed by atoms with Crippen molar-refractivity contribution in [2.75, 3.05) is 25.6 Å². The maximum Gasteiger partial charge on any atom is 0.355 e. The van der Waals surface area contributed by atoms with Crippen molar-refractivity contribution in [3.8, 4) is 5.75 Å². The zero-order chi connectivity index (χ0) is 26.4. The first-order valence-corrected chi connectivity index (χ1v) is 12.6. The highest BCUT2D eigenvalue weighted by Gasteiger charge is 2.54. The molecule has 1 fully saturated rings. The lowest BCUT2D eigenvalue weighted by Gasteiger charge is -2.49. The maximum atomic E-state index is 13.1. The van der Waals surface area contributed by atoms with E-state index in [1.165, 1.54) is 40.9 Å². The smallest absolute Gasteiger partial charge is 0.355 e. The van der Waals surface area contributed by atoms with Crippen molar-refractivity contribution >= 4 is 35.2 Å². The first-order chi connectivity index (χ1) is 17.9. The van der Waals surface area contributed by atoms with Crippen LogP contribution in [0.25, 0.3) is 0 Å². The number of para-hydroxylation sites is 1. The number of non-ortho nitro benzene ring substituents is 1. The number of carbonyl (C=O) groups excluding carboxylic acids is 3. The number of carbonyl (C=O) groups is 3. The van der Waals surface area contributed by atoms with Gasteiger partial charge in [0, 0.05) is 24.5 Å². The Morgan fingerprint density at radius 3 is 2.54 bits per heavy atom. The van der Waals surface area contributed by atoms with Gasteiger partial charge in [0.25, 0.3) is 17.5 Å². The Labute approximate surface area is 216 Å². The summed E-state index contributed by atoms with van der Waals surface area (Å²) in [7, 11) is 0. The normalized spacial score (nSPS) is 18.5. The molecule has 12 heteroatoms. The van der Waals surface area contributed by atoms with Crippen LogP contribution in [0, 0.1) is 10.1 Å². The molecule has 2 aromatic rings. The molecule has 0 aromatic heterocycles. The SMILES string of the molecule is CCOCC1=C(C(=O)OCc2ccc([N+](=O)[O-])cc2)N2C(=O)C(NC(=O)COc3ccccc3)[C@@H]2SC1. The molecule has 1 unspecified atom stereocenters. The number of fused-ring (bicyclic) bond motifs is 1. The van der Waals surface area contributed by atoms with Crippen molar-refractivity contribution in [3.63, 3.8) is 0 Å². The molecule has 2 aliphatic rings. The van der Waals surface area contributed by atoms with Crippen LogP contribution in [0.4, 0.5) is 5.69 Å². The molecule has 2 amide bonds. The minimum absolute atomic E-state index is 0.0719. The standard InChI is InChI=1S/C25H25N3O8S/c1-2-34-13-17-15-37-24-21(26-20(29)14-35-19-6-4-3-5-7-19)23(30)27(24)22(17)25(31)36-12-16-8-10-18(11-9-16)28(32)33/h3-11,21,24H,2,12-15H2,1H3,(H,26,29)/t21?,24-/m0/s1. The lowest BCUT2D eigenvalue weighted by Crippen LogP contribution is -2.71. The summed E-state index contributed by atoms with van der Waals surface area (Å²) in [6.07, 6.45) is 0. The predicted octanol–water partition coefficient (Wildman–Crippen LogP) is 2.41. The molecule has 2 aromatic carbocycles. The fourth-order valence-corrected chi connectivity index (χ4v) is 5.15. The molecular formula is C25H25N3O8S. The highest BCUT2D eigenvalue weighted by molar-refractivity contribution is 8.00. The fraction of sp³-hybridized carbons (Fsp3) is 0.320. The van der Waals surface area contributed by atoms with E-state index in [1.807, 2.05) is 13.0 Å². The number of nitrogens with zero attached hydrogens (tertiary/aromatic N) is 2. The second kappa shape index (κ2) is 11.9. The summed E-state index contributed by atoms with van der Waals surface area (Å²) in [5.41, 5.74) is 1.21. The van der Waals surface area contributed by atoms with E-state index in [1.54, 1.807) is 24.3 Å². The molecule has 2 heterocycles. The van der Waals surface area contributed by atoms with Crippen molar-refractivity contribution in [1.82, 2.24) is 10.2 Å². The summed E-state index contributed by atoms with van der Waals surface area (Å²) < 4.78 is 16.4. The number of β-lactam (4-membered cyclic amide) rings is 1. The molecule has 0 saturated carbocycles. The van der Waals surface area contributed by atoms with E-state index in [0.717, 1.165) is 0 Å². The number of amides is 2. The largest absolute Gasteiger partial charge is 0.484 e. The summed E-state index contributed by atoms with van der Waals surface area (Å²) in [6, 6.07) is 13.7. The van der Waals surface area contributed by atoms with Gasteiger partial charge in [0.05, 0.1) is 11.5 Å². The van der Waals surface area contributed by atoms with Gasteiger partial charge in [-0.15, -0.1) is 11.8 Å². The molecule has 0 radical (unpaired) electrons. The Morgan fingerprint density at radius 1 is 1.14 bits per heavy atom. The monoisotopic (exact) mass is 527 g/mol. The zero-order valence-electron chi connectivity index (χ0n) is 20.0. The van der Waals surface area contributed by atoms with Gasteiger partial charge < -0.3 is 19.5 Å². The van der Waals surface area contributed by atoms with E-state index < -0.39 is 34.1 Å². The van der Waals surface area contributed by atoms with Gasteiger partial charge in [-0.25, -0.2) is 4.79 Å². The number of rotatable bonds is 11. The molecule has 194 valence electrons. The third kappa shape index (κ3) is 6.09. The van der Waals surface area contributed by atoms with Gasteiger partial charge in [0.1, 0.15) is 29.5 Å². The number of esters is 1. The van der Waals surface area contributed by atoms with Crippen LogP contribution in [0.1, 0.15) is 12.5 Å². The van der Waals surface area contributed by atoms with Gasteiger partial charge in [0.15, 0.2) is 6.61 Å². The van der Waals surface area contributed by atoms with E-state index in [-0.39, 0.29) is 31.2 Å². The van der Waals surface area contributed by atoms with Gasteiger partial charge >= 0.3 is 5.97 Å². The Kier molecular flexibility index (Phi) is 8.41. The maximum absolute atomic E-state index is 13.1. The van der Waals surface area contributed by atoms with Crippen molar-refractivity contribution in [1.29, 1.82) is 0 Å². The van der Waals surface area contributed by atoms with Crippen LogP contribution in [-0.4, -0.2) is 64.6 Å². The Bertz CT molecular complexity index is 1200. The third-order valence-corrected chi connectivity index (χ3v) is 7.01. The number of thioether (sulfide) groups is 1. The van der Waals surface area contributed by atoms with Gasteiger partial charge in [-0.3, -0.25) is 24.6 Å². The number of hydrogen-bond acceptors (Lipinski definition) is 9. The van der Waals surface area contributed by atoms with Gasteiger partial charge in [-0.05, 0) is 42.3 Å². The van der Waals surface area contributed by atoms with E-state index in [9.17, 15) is 24.5 Å². The molecule has 1 N–H and O–H groups in total. The number of hydrogen-bond donors (Lipinski definition) is 1. The Hall–Kier alpha value is -3.90. The molecule has 0 spiro atoms. The van der Waals surface area contributed by atoms with E-state index in [2.05, 4.69) is 5.32 Å². The van der Waals surface area contributed by atoms with Crippen LogP contribution in [0.15, 0.2) is 65.9 Å². The molecule has 1 saturated heterocycles. The number of benzene rings is 2. The van der Waals surface area contributed by atoms with Crippen LogP contribution in [-0.2, 0) is 30.5 Å².